The molecule has 0 radical (unpaired) electrons. The maximum Gasteiger partial charge on any atom is 0.126 e. The Morgan fingerprint density at radius 3 is 2.73 bits per heavy atom. The van der Waals surface area contributed by atoms with Crippen molar-refractivity contribution in [2.75, 3.05) is 11.2 Å². The van der Waals surface area contributed by atoms with E-state index in [1.807, 2.05) is 18.3 Å². The fourth-order valence-electron chi connectivity index (χ4n) is 1.55. The number of rotatable bonds is 5. The van der Waals surface area contributed by atoms with E-state index in [4.69, 9.17) is 11.6 Å². The molecule has 84 valence electrons. The molecule has 0 aliphatic rings. The Bertz CT molecular complexity index is 299. The summed E-state index contributed by atoms with van der Waals surface area (Å²) in [5.74, 6) is 2.18. The van der Waals surface area contributed by atoms with E-state index in [-0.39, 0.29) is 0 Å². The summed E-state index contributed by atoms with van der Waals surface area (Å²) in [6, 6.07) is 4.34. The molecule has 0 amide bonds. The standard InChI is InChI=1S/C12H19ClN2/c1-9(2)6-11(8-13)15-12-7-10(3)4-5-14-12/h4-5,7,9,11H,6,8H2,1-3H3,(H,14,15). The van der Waals surface area contributed by atoms with E-state index in [0.717, 1.165) is 12.2 Å². The van der Waals surface area contributed by atoms with Gasteiger partial charge in [0, 0.05) is 18.1 Å². The molecule has 0 saturated carbocycles. The van der Waals surface area contributed by atoms with Crippen LogP contribution in [0, 0.1) is 12.8 Å². The number of aromatic nitrogens is 1. The Balaban J connectivity index is 2.58. The molecule has 1 N–H and O–H groups in total. The lowest BCUT2D eigenvalue weighted by Gasteiger charge is -2.18. The first-order valence-electron chi connectivity index (χ1n) is 5.37. The van der Waals surface area contributed by atoms with E-state index in [2.05, 4.69) is 31.1 Å². The van der Waals surface area contributed by atoms with Gasteiger partial charge in [0.05, 0.1) is 0 Å². The van der Waals surface area contributed by atoms with Crippen molar-refractivity contribution >= 4 is 17.4 Å². The van der Waals surface area contributed by atoms with Gasteiger partial charge in [-0.05, 0) is 37.0 Å². The Morgan fingerprint density at radius 2 is 2.20 bits per heavy atom. The summed E-state index contributed by atoms with van der Waals surface area (Å²) in [4.78, 5) is 4.26. The van der Waals surface area contributed by atoms with Gasteiger partial charge in [-0.25, -0.2) is 4.98 Å². The summed E-state index contributed by atoms with van der Waals surface area (Å²) in [6.45, 7) is 6.46. The van der Waals surface area contributed by atoms with Gasteiger partial charge in [-0.3, -0.25) is 0 Å². The molecule has 1 heterocycles. The fraction of sp³-hybridized carbons (Fsp3) is 0.583. The van der Waals surface area contributed by atoms with Gasteiger partial charge in [-0.1, -0.05) is 13.8 Å². The molecular formula is C12H19ClN2. The highest BCUT2D eigenvalue weighted by Crippen LogP contribution is 2.13. The average molecular weight is 227 g/mol. The Labute approximate surface area is 97.1 Å². The summed E-state index contributed by atoms with van der Waals surface area (Å²) in [5, 5.41) is 3.36. The zero-order chi connectivity index (χ0) is 11.3. The normalized spacial score (nSPS) is 12.9. The topological polar surface area (TPSA) is 24.9 Å². The minimum Gasteiger partial charge on any atom is -0.366 e. The van der Waals surface area contributed by atoms with E-state index in [9.17, 15) is 0 Å². The third kappa shape index (κ3) is 4.52. The molecule has 0 aliphatic carbocycles. The van der Waals surface area contributed by atoms with Gasteiger partial charge in [-0.15, -0.1) is 11.6 Å². The first-order valence-corrected chi connectivity index (χ1v) is 5.90. The average Bonchev–Trinajstić information content (AvgIpc) is 2.16. The number of hydrogen-bond acceptors (Lipinski definition) is 2. The van der Waals surface area contributed by atoms with Crippen molar-refractivity contribution in [3.63, 3.8) is 0 Å². The lowest BCUT2D eigenvalue weighted by Crippen LogP contribution is -2.23. The monoisotopic (exact) mass is 226 g/mol. The molecule has 1 aromatic rings. The third-order valence-electron chi connectivity index (χ3n) is 2.21. The summed E-state index contributed by atoms with van der Waals surface area (Å²) >= 11 is 5.91. The molecule has 1 atom stereocenters. The predicted octanol–water partition coefficient (Wildman–Crippen LogP) is 3.46. The minimum atomic E-state index is 0.306. The smallest absolute Gasteiger partial charge is 0.126 e. The summed E-state index contributed by atoms with van der Waals surface area (Å²) in [6.07, 6.45) is 2.89. The number of nitrogens with one attached hydrogen (secondary N) is 1. The molecule has 0 saturated heterocycles. The Morgan fingerprint density at radius 1 is 1.47 bits per heavy atom. The molecule has 0 bridgehead atoms. The number of pyridine rings is 1. The molecule has 1 aromatic heterocycles. The van der Waals surface area contributed by atoms with Crippen LogP contribution < -0.4 is 5.32 Å². The van der Waals surface area contributed by atoms with Crippen molar-refractivity contribution < 1.29 is 0 Å². The molecule has 15 heavy (non-hydrogen) atoms. The first kappa shape index (κ1) is 12.3. The fourth-order valence-corrected chi connectivity index (χ4v) is 1.76. The maximum absolute atomic E-state index is 5.91. The molecule has 1 rings (SSSR count). The van der Waals surface area contributed by atoms with Crippen LogP contribution in [0.5, 0.6) is 0 Å². The van der Waals surface area contributed by atoms with Crippen LogP contribution in [-0.4, -0.2) is 16.9 Å². The second-order valence-electron chi connectivity index (χ2n) is 4.34. The van der Waals surface area contributed by atoms with Gasteiger partial charge in [-0.2, -0.15) is 0 Å². The minimum absolute atomic E-state index is 0.306. The molecule has 1 unspecified atom stereocenters. The van der Waals surface area contributed by atoms with Crippen LogP contribution >= 0.6 is 11.6 Å². The number of aryl methyl sites for hydroxylation is 1. The van der Waals surface area contributed by atoms with Crippen molar-refractivity contribution in [2.45, 2.75) is 33.2 Å². The molecule has 2 nitrogen and oxygen atoms in total. The van der Waals surface area contributed by atoms with Gasteiger partial charge in [0.2, 0.25) is 0 Å². The van der Waals surface area contributed by atoms with Crippen molar-refractivity contribution in [1.82, 2.24) is 4.98 Å². The van der Waals surface area contributed by atoms with E-state index in [0.29, 0.717) is 17.8 Å². The highest BCUT2D eigenvalue weighted by molar-refractivity contribution is 6.18. The van der Waals surface area contributed by atoms with E-state index >= 15 is 0 Å². The summed E-state index contributed by atoms with van der Waals surface area (Å²) in [5.41, 5.74) is 1.21. The van der Waals surface area contributed by atoms with Gasteiger partial charge >= 0.3 is 0 Å². The maximum atomic E-state index is 5.91. The molecule has 3 heteroatoms. The highest BCUT2D eigenvalue weighted by atomic mass is 35.5. The van der Waals surface area contributed by atoms with Crippen LogP contribution in [0.2, 0.25) is 0 Å². The van der Waals surface area contributed by atoms with Gasteiger partial charge in [0.1, 0.15) is 5.82 Å². The second kappa shape index (κ2) is 5.96. The molecular weight excluding hydrogens is 208 g/mol. The van der Waals surface area contributed by atoms with Crippen molar-refractivity contribution in [1.29, 1.82) is 0 Å². The molecule has 0 spiro atoms. The largest absolute Gasteiger partial charge is 0.366 e. The summed E-state index contributed by atoms with van der Waals surface area (Å²) < 4.78 is 0. The zero-order valence-electron chi connectivity index (χ0n) is 9.63. The van der Waals surface area contributed by atoms with Crippen LogP contribution in [0.4, 0.5) is 5.82 Å². The number of nitrogens with zero attached hydrogens (tertiary/aromatic N) is 1. The van der Waals surface area contributed by atoms with E-state index < -0.39 is 0 Å². The van der Waals surface area contributed by atoms with Crippen molar-refractivity contribution in [2.24, 2.45) is 5.92 Å². The number of hydrogen-bond donors (Lipinski definition) is 1. The van der Waals surface area contributed by atoms with Crippen LogP contribution in [0.3, 0.4) is 0 Å². The highest BCUT2D eigenvalue weighted by Gasteiger charge is 2.09. The van der Waals surface area contributed by atoms with Gasteiger partial charge < -0.3 is 5.32 Å². The SMILES string of the molecule is Cc1ccnc(NC(CCl)CC(C)C)c1. The van der Waals surface area contributed by atoms with Gasteiger partial charge in [0.25, 0.3) is 0 Å². The van der Waals surface area contributed by atoms with Crippen LogP contribution in [0.15, 0.2) is 18.3 Å². The van der Waals surface area contributed by atoms with Crippen LogP contribution in [-0.2, 0) is 0 Å². The van der Waals surface area contributed by atoms with E-state index in [1.165, 1.54) is 5.56 Å². The third-order valence-corrected chi connectivity index (χ3v) is 2.58. The molecule has 0 fully saturated rings. The lowest BCUT2D eigenvalue weighted by molar-refractivity contribution is 0.541. The number of halogens is 1. The lowest BCUT2D eigenvalue weighted by atomic mass is 10.1. The number of anilines is 1. The first-order chi connectivity index (χ1) is 7.11. The van der Waals surface area contributed by atoms with Crippen LogP contribution in [0.25, 0.3) is 0 Å². The molecule has 0 aliphatic heterocycles. The molecule has 0 aromatic carbocycles. The van der Waals surface area contributed by atoms with Crippen molar-refractivity contribution in [3.8, 4) is 0 Å². The van der Waals surface area contributed by atoms with Crippen LogP contribution in [0.1, 0.15) is 25.8 Å². The quantitative estimate of drug-likeness (QED) is 0.778. The van der Waals surface area contributed by atoms with Crippen molar-refractivity contribution in [3.05, 3.63) is 23.9 Å². The zero-order valence-corrected chi connectivity index (χ0v) is 10.4. The Hall–Kier alpha value is -0.760. The second-order valence-corrected chi connectivity index (χ2v) is 4.65. The number of alkyl halides is 1. The summed E-state index contributed by atoms with van der Waals surface area (Å²) in [7, 11) is 0. The van der Waals surface area contributed by atoms with Gasteiger partial charge in [0.15, 0.2) is 0 Å². The predicted molar refractivity (Wildman–Crippen MR) is 66.6 cm³/mol. The van der Waals surface area contributed by atoms with E-state index in [1.54, 1.807) is 0 Å². The Kier molecular flexibility index (Phi) is 4.89.